The van der Waals surface area contributed by atoms with Gasteiger partial charge in [0.05, 0.1) is 47.9 Å². The zero-order valence-corrected chi connectivity index (χ0v) is 34.3. The number of benzene rings is 2. The lowest BCUT2D eigenvalue weighted by atomic mass is 10.1. The minimum absolute atomic E-state index is 0.0542. The smallest absolute Gasteiger partial charge is 0.337 e. The molecule has 0 saturated carbocycles. The maximum absolute atomic E-state index is 11.8. The summed E-state index contributed by atoms with van der Waals surface area (Å²) in [5.74, 6) is -7.37. The van der Waals surface area contributed by atoms with Gasteiger partial charge in [-0.3, -0.25) is 14.4 Å². The number of hydrogen-bond donors (Lipinski definition) is 6. The molecule has 0 unspecified atom stereocenters. The van der Waals surface area contributed by atoms with Crippen molar-refractivity contribution in [2.75, 3.05) is 23.1 Å². The molecule has 2 amide bonds. The molecule has 2 aromatic carbocycles. The number of nitrogens with one attached hydrogen (secondary N) is 2. The molecule has 0 radical (unpaired) electrons. The summed E-state index contributed by atoms with van der Waals surface area (Å²) in [6, 6.07) is 0. The van der Waals surface area contributed by atoms with Gasteiger partial charge in [0.2, 0.25) is 5.91 Å². The van der Waals surface area contributed by atoms with Crippen LogP contribution in [0.5, 0.6) is 0 Å². The van der Waals surface area contributed by atoms with Crippen LogP contribution >= 0.6 is 147 Å². The molecule has 0 atom stereocenters. The largest absolute Gasteiger partial charge is 0.478 e. The summed E-state index contributed by atoms with van der Waals surface area (Å²) in [7, 11) is 0. The van der Waals surface area contributed by atoms with Crippen LogP contribution in [0.4, 0.5) is 11.4 Å². The van der Waals surface area contributed by atoms with E-state index >= 15 is 0 Å². The molecule has 14 nitrogen and oxygen atoms in total. The van der Waals surface area contributed by atoms with Crippen LogP contribution in [-0.4, -0.2) is 74.6 Å². The monoisotopic (exact) mass is 1290 g/mol. The van der Waals surface area contributed by atoms with Crippen molar-refractivity contribution in [2.24, 2.45) is 0 Å². The number of esters is 1. The van der Waals surface area contributed by atoms with Gasteiger partial charge in [0.15, 0.2) is 6.61 Å². The Labute approximate surface area is 328 Å². The van der Waals surface area contributed by atoms with Crippen molar-refractivity contribution in [1.82, 2.24) is 0 Å². The standard InChI is InChI=1S/C12H8I3NO7.C10H5ClI3NO5/c1-3(17)23-2-4(18)16-10-8(14)5(11(19)20)7(13)6(9(10)15)12(21)22;11-1-2(16)15-8-6(13)3(9(17)18)5(12)4(7(8)14)10(19)20/h2H2,1H3,(H,16,18)(H,19,20)(H,21,22);1H2,(H,15,16)(H,17,18)(H,19,20). The number of anilines is 2. The van der Waals surface area contributed by atoms with Gasteiger partial charge in [-0.2, -0.15) is 0 Å². The van der Waals surface area contributed by atoms with Crippen LogP contribution in [0.25, 0.3) is 0 Å². The van der Waals surface area contributed by atoms with Gasteiger partial charge in [0.25, 0.3) is 5.91 Å². The quantitative estimate of drug-likeness (QED) is 0.104. The fraction of sp³-hybridized carbons (Fsp3) is 0.136. The lowest BCUT2D eigenvalue weighted by Crippen LogP contribution is -2.23. The van der Waals surface area contributed by atoms with E-state index in [1.165, 1.54) is 0 Å². The summed E-state index contributed by atoms with van der Waals surface area (Å²) < 4.78 is 5.60. The maximum Gasteiger partial charge on any atom is 0.337 e. The van der Waals surface area contributed by atoms with Crippen molar-refractivity contribution in [2.45, 2.75) is 6.92 Å². The van der Waals surface area contributed by atoms with Crippen molar-refractivity contribution in [3.8, 4) is 0 Å². The molecule has 0 aliphatic rings. The van der Waals surface area contributed by atoms with Crippen LogP contribution in [0.15, 0.2) is 0 Å². The molecule has 0 fully saturated rings. The summed E-state index contributed by atoms with van der Waals surface area (Å²) in [6.07, 6.45) is 0. The van der Waals surface area contributed by atoms with Crippen molar-refractivity contribution in [1.29, 1.82) is 0 Å². The van der Waals surface area contributed by atoms with Gasteiger partial charge in [0.1, 0.15) is 5.88 Å². The first-order chi connectivity index (χ1) is 19.8. The first-order valence-electron chi connectivity index (χ1n) is 10.4. The molecule has 232 valence electrons. The molecular formula is C22H13ClI6N2O12. The second-order valence-electron chi connectivity index (χ2n) is 7.36. The van der Waals surface area contributed by atoms with Crippen LogP contribution in [0.3, 0.4) is 0 Å². The first kappa shape index (κ1) is 40.4. The highest BCUT2D eigenvalue weighted by Crippen LogP contribution is 2.37. The van der Waals surface area contributed by atoms with Gasteiger partial charge in [-0.15, -0.1) is 11.6 Å². The number of aromatic carboxylic acids is 4. The van der Waals surface area contributed by atoms with E-state index in [-0.39, 0.29) is 60.9 Å². The van der Waals surface area contributed by atoms with Crippen LogP contribution in [0.2, 0.25) is 0 Å². The summed E-state index contributed by atoms with van der Waals surface area (Å²) in [5.41, 5.74) is -0.549. The summed E-state index contributed by atoms with van der Waals surface area (Å²) in [5, 5.41) is 41.8. The Balaban J connectivity index is 0.000000434. The highest BCUT2D eigenvalue weighted by Gasteiger charge is 2.29. The van der Waals surface area contributed by atoms with E-state index < -0.39 is 48.3 Å². The summed E-state index contributed by atoms with van der Waals surface area (Å²) in [4.78, 5) is 79.2. The molecule has 0 heterocycles. The number of carboxylic acids is 4. The van der Waals surface area contributed by atoms with E-state index in [2.05, 4.69) is 15.4 Å². The number of halogens is 7. The number of amides is 2. The Morgan fingerprint density at radius 1 is 0.581 bits per heavy atom. The van der Waals surface area contributed by atoms with Gasteiger partial charge in [-0.1, -0.05) is 0 Å². The number of carboxylic acid groups (broad SMARTS) is 4. The molecule has 0 aromatic heterocycles. The van der Waals surface area contributed by atoms with Crippen LogP contribution in [0.1, 0.15) is 48.4 Å². The highest BCUT2D eigenvalue weighted by atomic mass is 127. The Hall–Kier alpha value is -0.600. The number of ether oxygens (including phenoxy) is 1. The number of alkyl halides is 1. The summed E-state index contributed by atoms with van der Waals surface area (Å²) >= 11 is 15.7. The average molecular weight is 1290 g/mol. The summed E-state index contributed by atoms with van der Waals surface area (Å²) in [6.45, 7) is 0.578. The van der Waals surface area contributed by atoms with E-state index in [1.54, 1.807) is 136 Å². The topological polar surface area (TPSA) is 234 Å². The van der Waals surface area contributed by atoms with Gasteiger partial charge in [-0.05, 0) is 136 Å². The Kier molecular flexibility index (Phi) is 16.8. The van der Waals surface area contributed by atoms with E-state index in [4.69, 9.17) is 11.6 Å². The molecule has 6 N–H and O–H groups in total. The third kappa shape index (κ3) is 10.5. The van der Waals surface area contributed by atoms with Crippen molar-refractivity contribution in [3.05, 3.63) is 43.7 Å². The van der Waals surface area contributed by atoms with E-state index in [0.717, 1.165) is 6.92 Å². The molecule has 0 saturated heterocycles. The Bertz CT molecular complexity index is 1480. The van der Waals surface area contributed by atoms with Crippen molar-refractivity contribution in [3.63, 3.8) is 0 Å². The normalized spacial score (nSPS) is 10.1. The zero-order valence-electron chi connectivity index (χ0n) is 20.6. The van der Waals surface area contributed by atoms with E-state index in [1.807, 2.05) is 0 Å². The molecule has 0 bridgehead atoms. The molecule has 43 heavy (non-hydrogen) atoms. The van der Waals surface area contributed by atoms with Gasteiger partial charge >= 0.3 is 29.8 Å². The SMILES string of the molecule is CC(=O)OCC(=O)Nc1c(I)c(C(=O)O)c(I)c(C(=O)O)c1I.O=C(CCl)Nc1c(I)c(C(=O)O)c(I)c(C(=O)O)c1I. The van der Waals surface area contributed by atoms with Crippen molar-refractivity contribution >= 4 is 200 Å². The fourth-order valence-electron chi connectivity index (χ4n) is 2.81. The number of hydrogen-bond acceptors (Lipinski definition) is 8. The first-order valence-corrected chi connectivity index (χ1v) is 17.4. The second-order valence-corrected chi connectivity index (χ2v) is 14.1. The Morgan fingerprint density at radius 3 is 1.09 bits per heavy atom. The lowest BCUT2D eigenvalue weighted by Gasteiger charge is -2.16. The third-order valence-corrected chi connectivity index (χ3v) is 11.3. The molecule has 2 rings (SSSR count). The fourth-order valence-corrected chi connectivity index (χ4v) is 11.6. The lowest BCUT2D eigenvalue weighted by molar-refractivity contribution is -0.144. The minimum Gasteiger partial charge on any atom is -0.478 e. The maximum atomic E-state index is 11.8. The second kappa shape index (κ2) is 17.9. The third-order valence-electron chi connectivity index (χ3n) is 4.55. The van der Waals surface area contributed by atoms with Gasteiger partial charge in [-0.25, -0.2) is 19.2 Å². The molecule has 0 aliphatic heterocycles. The number of rotatable bonds is 9. The molecule has 0 spiro atoms. The van der Waals surface area contributed by atoms with E-state index in [9.17, 15) is 54.0 Å². The van der Waals surface area contributed by atoms with E-state index in [0.29, 0.717) is 0 Å². The van der Waals surface area contributed by atoms with Crippen LogP contribution in [-0.2, 0) is 19.1 Å². The highest BCUT2D eigenvalue weighted by molar-refractivity contribution is 14.1. The average Bonchev–Trinajstić information content (AvgIpc) is 2.87. The molecule has 21 heteroatoms. The minimum atomic E-state index is -1.31. The van der Waals surface area contributed by atoms with Gasteiger partial charge in [0, 0.05) is 14.1 Å². The molecular weight excluding hydrogens is 1280 g/mol. The van der Waals surface area contributed by atoms with Crippen molar-refractivity contribution < 1.29 is 58.7 Å². The molecule has 2 aromatic rings. The number of carbonyl (C=O) groups excluding carboxylic acids is 3. The molecule has 0 aliphatic carbocycles. The Morgan fingerprint density at radius 2 is 0.860 bits per heavy atom. The van der Waals surface area contributed by atoms with Gasteiger partial charge < -0.3 is 35.8 Å². The predicted octanol–water partition coefficient (Wildman–Crippen LogP) is 5.47. The number of carbonyl (C=O) groups is 7. The van der Waals surface area contributed by atoms with Crippen LogP contribution < -0.4 is 10.6 Å². The predicted molar refractivity (Wildman–Crippen MR) is 202 cm³/mol. The van der Waals surface area contributed by atoms with Crippen LogP contribution in [0, 0.1) is 21.4 Å². The zero-order chi connectivity index (χ0) is 33.5.